The first-order valence-electron chi connectivity index (χ1n) is 6.37. The van der Waals surface area contributed by atoms with Gasteiger partial charge in [0.25, 0.3) is 0 Å². The Labute approximate surface area is 113 Å². The standard InChI is InChI=1S/C15H21NO3/c1-9-7-10(2)12(4)13(11(9)3)5-6-16-14(17)8-15(18)19/h7H,5-6,8H2,1-4H3,(H,16,17)(H,18,19). The number of carbonyl (C=O) groups is 2. The fraction of sp³-hybridized carbons (Fsp3) is 0.467. The Balaban J connectivity index is 2.68. The van der Waals surface area contributed by atoms with Crippen molar-refractivity contribution >= 4 is 11.9 Å². The van der Waals surface area contributed by atoms with E-state index in [0.717, 1.165) is 6.42 Å². The minimum atomic E-state index is -1.10. The second-order valence-corrected chi connectivity index (χ2v) is 4.91. The quantitative estimate of drug-likeness (QED) is 0.799. The maximum Gasteiger partial charge on any atom is 0.312 e. The lowest BCUT2D eigenvalue weighted by molar-refractivity contribution is -0.140. The monoisotopic (exact) mass is 263 g/mol. The Hall–Kier alpha value is -1.84. The Bertz CT molecular complexity index is 480. The van der Waals surface area contributed by atoms with Crippen LogP contribution in [0.2, 0.25) is 0 Å². The van der Waals surface area contributed by atoms with E-state index in [4.69, 9.17) is 5.11 Å². The number of carboxylic acids is 1. The van der Waals surface area contributed by atoms with Crippen LogP contribution in [0.3, 0.4) is 0 Å². The summed E-state index contributed by atoms with van der Waals surface area (Å²) in [6.07, 6.45) is 0.260. The van der Waals surface area contributed by atoms with Gasteiger partial charge in [-0.1, -0.05) is 6.07 Å². The van der Waals surface area contributed by atoms with Crippen molar-refractivity contribution in [1.29, 1.82) is 0 Å². The number of carbonyl (C=O) groups excluding carboxylic acids is 1. The Morgan fingerprint density at radius 2 is 1.63 bits per heavy atom. The van der Waals surface area contributed by atoms with Gasteiger partial charge in [0.1, 0.15) is 6.42 Å². The van der Waals surface area contributed by atoms with Crippen molar-refractivity contribution < 1.29 is 14.7 Å². The van der Waals surface area contributed by atoms with Crippen LogP contribution < -0.4 is 5.32 Å². The minimum absolute atomic E-state index is 0.438. The van der Waals surface area contributed by atoms with Crippen LogP contribution in [0.5, 0.6) is 0 Å². The summed E-state index contributed by atoms with van der Waals surface area (Å²) in [5.74, 6) is -1.54. The molecule has 104 valence electrons. The van der Waals surface area contributed by atoms with Crippen molar-refractivity contribution in [2.75, 3.05) is 6.54 Å². The third-order valence-electron chi connectivity index (χ3n) is 3.53. The highest BCUT2D eigenvalue weighted by Crippen LogP contribution is 2.21. The molecular formula is C15H21NO3. The molecule has 0 aliphatic rings. The number of rotatable bonds is 5. The van der Waals surface area contributed by atoms with Crippen molar-refractivity contribution in [2.45, 2.75) is 40.5 Å². The highest BCUT2D eigenvalue weighted by Gasteiger charge is 2.10. The zero-order valence-corrected chi connectivity index (χ0v) is 12.0. The number of aryl methyl sites for hydroxylation is 2. The minimum Gasteiger partial charge on any atom is -0.481 e. The van der Waals surface area contributed by atoms with E-state index in [2.05, 4.69) is 39.1 Å². The number of hydrogen-bond acceptors (Lipinski definition) is 2. The molecule has 19 heavy (non-hydrogen) atoms. The second kappa shape index (κ2) is 6.36. The highest BCUT2D eigenvalue weighted by atomic mass is 16.4. The van der Waals surface area contributed by atoms with Gasteiger partial charge >= 0.3 is 5.97 Å². The molecule has 4 heteroatoms. The van der Waals surface area contributed by atoms with Crippen LogP contribution in [-0.2, 0) is 16.0 Å². The van der Waals surface area contributed by atoms with Crippen molar-refractivity contribution in [2.24, 2.45) is 0 Å². The topological polar surface area (TPSA) is 66.4 Å². The van der Waals surface area contributed by atoms with Gasteiger partial charge in [0.15, 0.2) is 0 Å². The molecule has 0 saturated heterocycles. The Kier molecular flexibility index (Phi) is 5.10. The summed E-state index contributed by atoms with van der Waals surface area (Å²) in [4.78, 5) is 21.6. The van der Waals surface area contributed by atoms with Gasteiger partial charge in [-0.3, -0.25) is 9.59 Å². The van der Waals surface area contributed by atoms with Gasteiger partial charge < -0.3 is 10.4 Å². The van der Waals surface area contributed by atoms with Crippen LogP contribution in [0.25, 0.3) is 0 Å². The molecule has 0 unspecified atom stereocenters. The highest BCUT2D eigenvalue weighted by molar-refractivity contribution is 5.93. The lowest BCUT2D eigenvalue weighted by Gasteiger charge is -2.15. The molecule has 1 aromatic rings. The van der Waals surface area contributed by atoms with Gasteiger partial charge in [-0.25, -0.2) is 0 Å². The fourth-order valence-corrected chi connectivity index (χ4v) is 2.20. The van der Waals surface area contributed by atoms with Crippen LogP contribution in [0.4, 0.5) is 0 Å². The molecule has 1 rings (SSSR count). The first-order chi connectivity index (χ1) is 8.82. The molecule has 0 fully saturated rings. The zero-order valence-electron chi connectivity index (χ0n) is 12.0. The van der Waals surface area contributed by atoms with Crippen molar-refractivity contribution in [1.82, 2.24) is 5.32 Å². The summed E-state index contributed by atoms with van der Waals surface area (Å²) in [6.45, 7) is 8.78. The third-order valence-corrected chi connectivity index (χ3v) is 3.53. The SMILES string of the molecule is Cc1cc(C)c(C)c(CCNC(=O)CC(=O)O)c1C. The van der Waals surface area contributed by atoms with Gasteiger partial charge in [-0.15, -0.1) is 0 Å². The van der Waals surface area contributed by atoms with Crippen molar-refractivity contribution in [3.05, 3.63) is 33.9 Å². The molecule has 0 atom stereocenters. The summed E-state index contributed by atoms with van der Waals surface area (Å²) in [5, 5.41) is 11.1. The number of aliphatic carboxylic acids is 1. The van der Waals surface area contributed by atoms with E-state index in [0.29, 0.717) is 6.54 Å². The lowest BCUT2D eigenvalue weighted by Crippen LogP contribution is -2.28. The summed E-state index contributed by atoms with van der Waals surface area (Å²) in [7, 11) is 0. The van der Waals surface area contributed by atoms with Gasteiger partial charge in [-0.2, -0.15) is 0 Å². The third kappa shape index (κ3) is 4.09. The molecule has 0 aliphatic heterocycles. The van der Waals surface area contributed by atoms with Crippen molar-refractivity contribution in [3.8, 4) is 0 Å². The molecule has 0 spiro atoms. The zero-order chi connectivity index (χ0) is 14.6. The summed E-state index contributed by atoms with van der Waals surface area (Å²) < 4.78 is 0. The average Bonchev–Trinajstić information content (AvgIpc) is 2.30. The first kappa shape index (κ1) is 15.2. The number of amides is 1. The molecule has 0 aliphatic carbocycles. The molecule has 0 radical (unpaired) electrons. The maximum atomic E-state index is 11.3. The molecule has 1 amide bonds. The fourth-order valence-electron chi connectivity index (χ4n) is 2.20. The second-order valence-electron chi connectivity index (χ2n) is 4.91. The smallest absolute Gasteiger partial charge is 0.312 e. The Morgan fingerprint density at radius 1 is 1.11 bits per heavy atom. The molecular weight excluding hydrogens is 242 g/mol. The average molecular weight is 263 g/mol. The van der Waals surface area contributed by atoms with Gasteiger partial charge in [0.05, 0.1) is 0 Å². The predicted octanol–water partition coefficient (Wildman–Crippen LogP) is 2.05. The Morgan fingerprint density at radius 3 is 2.11 bits per heavy atom. The number of hydrogen-bond donors (Lipinski definition) is 2. The van der Waals surface area contributed by atoms with E-state index in [1.54, 1.807) is 0 Å². The van der Waals surface area contributed by atoms with Crippen LogP contribution in [0.1, 0.15) is 34.2 Å². The van der Waals surface area contributed by atoms with Gasteiger partial charge in [-0.05, 0) is 61.9 Å². The summed E-state index contributed by atoms with van der Waals surface area (Å²) in [6, 6.07) is 2.16. The summed E-state index contributed by atoms with van der Waals surface area (Å²) in [5.41, 5.74) is 6.23. The molecule has 4 nitrogen and oxygen atoms in total. The van der Waals surface area contributed by atoms with Gasteiger partial charge in [0, 0.05) is 6.54 Å². The maximum absolute atomic E-state index is 11.3. The van der Waals surface area contributed by atoms with E-state index < -0.39 is 18.3 Å². The van der Waals surface area contributed by atoms with E-state index >= 15 is 0 Å². The summed E-state index contributed by atoms with van der Waals surface area (Å²) >= 11 is 0. The van der Waals surface area contributed by atoms with E-state index in [-0.39, 0.29) is 0 Å². The molecule has 0 saturated carbocycles. The molecule has 0 heterocycles. The van der Waals surface area contributed by atoms with Crippen LogP contribution in [0.15, 0.2) is 6.07 Å². The lowest BCUT2D eigenvalue weighted by atomic mass is 9.92. The van der Waals surface area contributed by atoms with E-state index in [1.165, 1.54) is 27.8 Å². The normalized spacial score (nSPS) is 10.3. The van der Waals surface area contributed by atoms with Crippen molar-refractivity contribution in [3.63, 3.8) is 0 Å². The molecule has 1 aromatic carbocycles. The van der Waals surface area contributed by atoms with Gasteiger partial charge in [0.2, 0.25) is 5.91 Å². The molecule has 2 N–H and O–H groups in total. The number of carboxylic acid groups (broad SMARTS) is 1. The number of nitrogens with one attached hydrogen (secondary N) is 1. The largest absolute Gasteiger partial charge is 0.481 e. The van der Waals surface area contributed by atoms with Crippen LogP contribution in [-0.4, -0.2) is 23.5 Å². The van der Waals surface area contributed by atoms with Crippen LogP contribution >= 0.6 is 0 Å². The van der Waals surface area contributed by atoms with E-state index in [9.17, 15) is 9.59 Å². The van der Waals surface area contributed by atoms with Crippen LogP contribution in [0, 0.1) is 27.7 Å². The molecule has 0 bridgehead atoms. The van der Waals surface area contributed by atoms with E-state index in [1.807, 2.05) is 0 Å². The molecule has 0 aromatic heterocycles. The predicted molar refractivity (Wildman–Crippen MR) is 74.4 cm³/mol. The first-order valence-corrected chi connectivity index (χ1v) is 6.37. The number of benzene rings is 1.